The summed E-state index contributed by atoms with van der Waals surface area (Å²) in [7, 11) is 0. The Morgan fingerprint density at radius 1 is 1.19 bits per heavy atom. The Morgan fingerprint density at radius 3 is 2.74 bits per heavy atom. The van der Waals surface area contributed by atoms with Crippen LogP contribution in [0.5, 0.6) is 0 Å². The highest BCUT2D eigenvalue weighted by molar-refractivity contribution is 5.95. The van der Waals surface area contributed by atoms with Gasteiger partial charge in [-0.2, -0.15) is 4.98 Å². The standard InChI is InChI=1S/C18H16N6O3/c25-17-13(11-14-22-15(23-27-14)12-5-2-1-3-6-12)24(10-9-21-17)18(26)16-19-7-4-8-20-16/h1-8,13H,9-11H2,(H,21,25). The molecule has 0 aliphatic carbocycles. The average Bonchev–Trinajstić information content (AvgIpc) is 3.19. The molecule has 1 aliphatic rings. The van der Waals surface area contributed by atoms with Crippen LogP contribution in [0.3, 0.4) is 0 Å². The minimum Gasteiger partial charge on any atom is -0.353 e. The third kappa shape index (κ3) is 3.52. The number of amides is 2. The number of hydrogen-bond acceptors (Lipinski definition) is 7. The van der Waals surface area contributed by atoms with Gasteiger partial charge in [-0.15, -0.1) is 0 Å². The summed E-state index contributed by atoms with van der Waals surface area (Å²) in [5.41, 5.74) is 0.811. The van der Waals surface area contributed by atoms with Crippen molar-refractivity contribution in [1.29, 1.82) is 0 Å². The number of hydrogen-bond donors (Lipinski definition) is 1. The fourth-order valence-corrected chi connectivity index (χ4v) is 2.91. The molecular weight excluding hydrogens is 348 g/mol. The monoisotopic (exact) mass is 364 g/mol. The molecule has 136 valence electrons. The minimum atomic E-state index is -0.765. The van der Waals surface area contributed by atoms with Gasteiger partial charge in [0.15, 0.2) is 0 Å². The Labute approximate surface area is 154 Å². The van der Waals surface area contributed by atoms with Crippen molar-refractivity contribution >= 4 is 11.8 Å². The molecule has 0 spiro atoms. The van der Waals surface area contributed by atoms with Gasteiger partial charge in [-0.1, -0.05) is 35.5 Å². The van der Waals surface area contributed by atoms with Crippen molar-refractivity contribution < 1.29 is 14.1 Å². The fourth-order valence-electron chi connectivity index (χ4n) is 2.91. The van der Waals surface area contributed by atoms with Gasteiger partial charge in [-0.3, -0.25) is 9.59 Å². The molecule has 2 amide bonds. The lowest BCUT2D eigenvalue weighted by Crippen LogP contribution is -2.58. The van der Waals surface area contributed by atoms with Crippen molar-refractivity contribution in [2.75, 3.05) is 13.1 Å². The van der Waals surface area contributed by atoms with Gasteiger partial charge in [0.2, 0.25) is 23.4 Å². The Morgan fingerprint density at radius 2 is 1.96 bits per heavy atom. The maximum absolute atomic E-state index is 12.7. The number of aromatic nitrogens is 4. The summed E-state index contributed by atoms with van der Waals surface area (Å²) in [5.74, 6) is 0.0877. The van der Waals surface area contributed by atoms with Crippen LogP contribution >= 0.6 is 0 Å². The number of nitrogens with zero attached hydrogens (tertiary/aromatic N) is 5. The van der Waals surface area contributed by atoms with E-state index in [9.17, 15) is 9.59 Å². The average molecular weight is 364 g/mol. The lowest BCUT2D eigenvalue weighted by atomic mass is 10.1. The lowest BCUT2D eigenvalue weighted by Gasteiger charge is -2.33. The van der Waals surface area contributed by atoms with E-state index >= 15 is 0 Å². The van der Waals surface area contributed by atoms with E-state index in [0.29, 0.717) is 18.9 Å². The summed E-state index contributed by atoms with van der Waals surface area (Å²) in [6, 6.07) is 10.2. The van der Waals surface area contributed by atoms with E-state index in [2.05, 4.69) is 25.4 Å². The fraction of sp³-hybridized carbons (Fsp3) is 0.222. The third-order valence-electron chi connectivity index (χ3n) is 4.22. The number of carbonyl (C=O) groups excluding carboxylic acids is 2. The second kappa shape index (κ2) is 7.32. The van der Waals surface area contributed by atoms with E-state index in [1.807, 2.05) is 30.3 Å². The second-order valence-electron chi connectivity index (χ2n) is 5.96. The zero-order valence-corrected chi connectivity index (χ0v) is 14.3. The van der Waals surface area contributed by atoms with E-state index in [0.717, 1.165) is 5.56 Å². The molecule has 0 saturated carbocycles. The molecule has 0 radical (unpaired) electrons. The van der Waals surface area contributed by atoms with Crippen LogP contribution in [-0.4, -0.2) is 56.0 Å². The predicted octanol–water partition coefficient (Wildman–Crippen LogP) is 0.710. The van der Waals surface area contributed by atoms with Crippen molar-refractivity contribution in [3.63, 3.8) is 0 Å². The maximum Gasteiger partial charge on any atom is 0.292 e. The molecule has 1 aliphatic heterocycles. The van der Waals surface area contributed by atoms with Gasteiger partial charge in [0, 0.05) is 31.0 Å². The summed E-state index contributed by atoms with van der Waals surface area (Å²) in [6.45, 7) is 0.722. The van der Waals surface area contributed by atoms with Crippen LogP contribution in [0, 0.1) is 0 Å². The molecule has 3 aromatic rings. The highest BCUT2D eigenvalue weighted by Crippen LogP contribution is 2.18. The maximum atomic E-state index is 12.7. The van der Waals surface area contributed by atoms with Crippen molar-refractivity contribution in [3.8, 4) is 11.4 Å². The highest BCUT2D eigenvalue weighted by Gasteiger charge is 2.36. The number of benzene rings is 1. The normalized spacial score (nSPS) is 16.8. The first-order valence-corrected chi connectivity index (χ1v) is 8.46. The zero-order chi connectivity index (χ0) is 18.6. The molecule has 1 saturated heterocycles. The van der Waals surface area contributed by atoms with Gasteiger partial charge in [0.05, 0.1) is 6.42 Å². The molecule has 27 heavy (non-hydrogen) atoms. The molecule has 9 heteroatoms. The molecule has 1 aromatic carbocycles. The molecule has 1 N–H and O–H groups in total. The SMILES string of the molecule is O=C1NCCN(C(=O)c2ncccn2)C1Cc1nc(-c2ccccc2)no1. The van der Waals surface area contributed by atoms with Crippen molar-refractivity contribution in [1.82, 2.24) is 30.3 Å². The van der Waals surface area contributed by atoms with Crippen LogP contribution in [0.2, 0.25) is 0 Å². The van der Waals surface area contributed by atoms with Crippen molar-refractivity contribution in [2.24, 2.45) is 0 Å². The highest BCUT2D eigenvalue weighted by atomic mass is 16.5. The molecule has 1 atom stereocenters. The predicted molar refractivity (Wildman–Crippen MR) is 93.3 cm³/mol. The summed E-state index contributed by atoms with van der Waals surface area (Å²) in [6.07, 6.45) is 3.09. The topological polar surface area (TPSA) is 114 Å². The van der Waals surface area contributed by atoms with Crippen LogP contribution in [0.25, 0.3) is 11.4 Å². The van der Waals surface area contributed by atoms with E-state index in [-0.39, 0.29) is 24.0 Å². The number of carbonyl (C=O) groups is 2. The number of rotatable bonds is 4. The first kappa shape index (κ1) is 16.8. The molecule has 9 nitrogen and oxygen atoms in total. The summed E-state index contributed by atoms with van der Waals surface area (Å²) in [4.78, 5) is 38.9. The Bertz CT molecular complexity index is 944. The van der Waals surface area contributed by atoms with Crippen LogP contribution < -0.4 is 5.32 Å². The molecule has 4 rings (SSSR count). The molecule has 1 fully saturated rings. The smallest absolute Gasteiger partial charge is 0.292 e. The summed E-state index contributed by atoms with van der Waals surface area (Å²) in [5, 5.41) is 6.72. The van der Waals surface area contributed by atoms with Gasteiger partial charge in [-0.25, -0.2) is 9.97 Å². The minimum absolute atomic E-state index is 0.0488. The summed E-state index contributed by atoms with van der Waals surface area (Å²) < 4.78 is 5.29. The quantitative estimate of drug-likeness (QED) is 0.725. The number of nitrogens with one attached hydrogen (secondary N) is 1. The molecule has 2 aromatic heterocycles. The van der Waals surface area contributed by atoms with Crippen LogP contribution in [0.1, 0.15) is 16.5 Å². The number of piperazine rings is 1. The van der Waals surface area contributed by atoms with E-state index in [1.165, 1.54) is 17.3 Å². The Kier molecular flexibility index (Phi) is 4.56. The first-order chi connectivity index (χ1) is 13.2. The van der Waals surface area contributed by atoms with E-state index < -0.39 is 11.9 Å². The van der Waals surface area contributed by atoms with Crippen molar-refractivity contribution in [3.05, 3.63) is 60.5 Å². The van der Waals surface area contributed by atoms with E-state index in [1.54, 1.807) is 6.07 Å². The molecule has 0 bridgehead atoms. The van der Waals surface area contributed by atoms with Gasteiger partial charge in [0.1, 0.15) is 6.04 Å². The molecule has 1 unspecified atom stereocenters. The van der Waals surface area contributed by atoms with Gasteiger partial charge >= 0.3 is 0 Å². The third-order valence-corrected chi connectivity index (χ3v) is 4.22. The molecule has 3 heterocycles. The summed E-state index contributed by atoms with van der Waals surface area (Å²) >= 11 is 0. The van der Waals surface area contributed by atoms with Gasteiger partial charge in [-0.05, 0) is 6.07 Å². The lowest BCUT2D eigenvalue weighted by molar-refractivity contribution is -0.128. The van der Waals surface area contributed by atoms with Crippen LogP contribution in [0.15, 0.2) is 53.3 Å². The largest absolute Gasteiger partial charge is 0.353 e. The Balaban J connectivity index is 1.56. The zero-order valence-electron chi connectivity index (χ0n) is 14.3. The molecular formula is C18H16N6O3. The van der Waals surface area contributed by atoms with Crippen LogP contribution in [0.4, 0.5) is 0 Å². The van der Waals surface area contributed by atoms with Gasteiger partial charge < -0.3 is 14.7 Å². The second-order valence-corrected chi connectivity index (χ2v) is 5.96. The van der Waals surface area contributed by atoms with Crippen LogP contribution in [-0.2, 0) is 11.2 Å². The van der Waals surface area contributed by atoms with E-state index in [4.69, 9.17) is 4.52 Å². The first-order valence-electron chi connectivity index (χ1n) is 8.46. The van der Waals surface area contributed by atoms with Crippen molar-refractivity contribution in [2.45, 2.75) is 12.5 Å². The Hall–Kier alpha value is -3.62. The van der Waals surface area contributed by atoms with Gasteiger partial charge in [0.25, 0.3) is 5.91 Å².